The van der Waals surface area contributed by atoms with Crippen LogP contribution in [0, 0.1) is 11.6 Å². The van der Waals surface area contributed by atoms with Crippen LogP contribution in [0.2, 0.25) is 0 Å². The van der Waals surface area contributed by atoms with E-state index < -0.39 is 11.6 Å². The largest absolute Gasteiger partial charge is 0.237 e. The fourth-order valence-electron chi connectivity index (χ4n) is 1.24. The Bertz CT molecular complexity index is 517. The van der Waals surface area contributed by atoms with Crippen molar-refractivity contribution in [3.8, 4) is 11.4 Å². The molecule has 5 heteroatoms. The van der Waals surface area contributed by atoms with Crippen molar-refractivity contribution in [2.24, 2.45) is 0 Å². The first-order chi connectivity index (χ1) is 7.70. The molecule has 2 aromatic rings. The molecule has 2 nitrogen and oxygen atoms in total. The van der Waals surface area contributed by atoms with Crippen molar-refractivity contribution in [1.29, 1.82) is 0 Å². The van der Waals surface area contributed by atoms with Gasteiger partial charge < -0.3 is 0 Å². The van der Waals surface area contributed by atoms with Crippen LogP contribution in [0.25, 0.3) is 11.4 Å². The van der Waals surface area contributed by atoms with Crippen molar-refractivity contribution >= 4 is 11.6 Å². The molecule has 0 saturated carbocycles. The predicted octanol–water partition coefficient (Wildman–Crippen LogP) is 3.16. The van der Waals surface area contributed by atoms with Crippen LogP contribution in [0.3, 0.4) is 0 Å². The zero-order valence-electron chi connectivity index (χ0n) is 8.12. The molecule has 2 rings (SSSR count). The smallest absolute Gasteiger partial charge is 0.159 e. The molecule has 0 aliphatic heterocycles. The lowest BCUT2D eigenvalue weighted by molar-refractivity contribution is 0.509. The van der Waals surface area contributed by atoms with Gasteiger partial charge in [-0.15, -0.1) is 11.6 Å². The van der Waals surface area contributed by atoms with Crippen LogP contribution in [-0.2, 0) is 5.88 Å². The van der Waals surface area contributed by atoms with Gasteiger partial charge in [-0.25, -0.2) is 18.7 Å². The molecular weight excluding hydrogens is 234 g/mol. The van der Waals surface area contributed by atoms with Gasteiger partial charge in [0, 0.05) is 11.8 Å². The monoisotopic (exact) mass is 240 g/mol. The summed E-state index contributed by atoms with van der Waals surface area (Å²) in [5, 5.41) is 0. The van der Waals surface area contributed by atoms with Gasteiger partial charge in [-0.1, -0.05) is 0 Å². The second-order valence-electron chi connectivity index (χ2n) is 3.13. The normalized spacial score (nSPS) is 10.4. The highest BCUT2D eigenvalue weighted by atomic mass is 35.5. The lowest BCUT2D eigenvalue weighted by Gasteiger charge is -2.02. The molecule has 0 aliphatic rings. The maximum Gasteiger partial charge on any atom is 0.159 e. The average Bonchev–Trinajstić information content (AvgIpc) is 2.33. The van der Waals surface area contributed by atoms with Crippen LogP contribution in [0.1, 0.15) is 5.69 Å². The molecule has 1 heterocycles. The van der Waals surface area contributed by atoms with Gasteiger partial charge in [0.1, 0.15) is 0 Å². The van der Waals surface area contributed by atoms with E-state index in [1.165, 1.54) is 12.3 Å². The fraction of sp³-hybridized carbons (Fsp3) is 0.0909. The number of alkyl halides is 1. The highest BCUT2D eigenvalue weighted by Crippen LogP contribution is 2.18. The lowest BCUT2D eigenvalue weighted by atomic mass is 10.2. The first kappa shape index (κ1) is 11.0. The van der Waals surface area contributed by atoms with E-state index in [2.05, 4.69) is 9.97 Å². The zero-order valence-corrected chi connectivity index (χ0v) is 8.88. The minimum Gasteiger partial charge on any atom is -0.237 e. The third-order valence-corrected chi connectivity index (χ3v) is 2.30. The Balaban J connectivity index is 2.46. The Morgan fingerprint density at radius 2 is 1.94 bits per heavy atom. The van der Waals surface area contributed by atoms with Gasteiger partial charge in [0.15, 0.2) is 17.5 Å². The van der Waals surface area contributed by atoms with Crippen molar-refractivity contribution in [2.45, 2.75) is 5.88 Å². The quantitative estimate of drug-likeness (QED) is 0.754. The number of halogens is 3. The van der Waals surface area contributed by atoms with Gasteiger partial charge in [0.2, 0.25) is 0 Å². The summed E-state index contributed by atoms with van der Waals surface area (Å²) in [7, 11) is 0. The van der Waals surface area contributed by atoms with Crippen LogP contribution >= 0.6 is 11.6 Å². The highest BCUT2D eigenvalue weighted by Gasteiger charge is 2.06. The number of rotatable bonds is 2. The average molecular weight is 241 g/mol. The molecule has 0 bridgehead atoms. The Kier molecular flexibility index (Phi) is 3.10. The Labute approximate surface area is 95.9 Å². The van der Waals surface area contributed by atoms with E-state index in [1.54, 1.807) is 6.07 Å². The summed E-state index contributed by atoms with van der Waals surface area (Å²) < 4.78 is 25.7. The Morgan fingerprint density at radius 3 is 2.62 bits per heavy atom. The minimum absolute atomic E-state index is 0.249. The predicted molar refractivity (Wildman–Crippen MR) is 56.9 cm³/mol. The molecule has 0 amide bonds. The zero-order chi connectivity index (χ0) is 11.5. The third kappa shape index (κ3) is 2.17. The van der Waals surface area contributed by atoms with Gasteiger partial charge in [0.25, 0.3) is 0 Å². The van der Waals surface area contributed by atoms with Gasteiger partial charge in [-0.3, -0.25) is 0 Å². The minimum atomic E-state index is -0.919. The summed E-state index contributed by atoms with van der Waals surface area (Å²) in [6, 6.07) is 5.19. The van der Waals surface area contributed by atoms with E-state index in [9.17, 15) is 8.78 Å². The van der Waals surface area contributed by atoms with E-state index in [4.69, 9.17) is 11.6 Å². The highest BCUT2D eigenvalue weighted by molar-refractivity contribution is 6.16. The SMILES string of the molecule is Fc1ccc(-c2nccc(CCl)n2)cc1F. The number of hydrogen-bond acceptors (Lipinski definition) is 2. The molecule has 0 aliphatic carbocycles. The molecule has 0 fully saturated rings. The van der Waals surface area contributed by atoms with Crippen LogP contribution in [0.15, 0.2) is 30.5 Å². The number of nitrogens with zero attached hydrogens (tertiary/aromatic N) is 2. The van der Waals surface area contributed by atoms with E-state index in [0.717, 1.165) is 12.1 Å². The molecule has 0 saturated heterocycles. The summed E-state index contributed by atoms with van der Waals surface area (Å²) in [4.78, 5) is 8.07. The second kappa shape index (κ2) is 4.53. The van der Waals surface area contributed by atoms with E-state index in [1.807, 2.05) is 0 Å². The van der Waals surface area contributed by atoms with E-state index in [-0.39, 0.29) is 5.88 Å². The summed E-state index contributed by atoms with van der Waals surface area (Å²) >= 11 is 5.62. The fourth-order valence-corrected chi connectivity index (χ4v) is 1.39. The topological polar surface area (TPSA) is 25.8 Å². The van der Waals surface area contributed by atoms with Gasteiger partial charge in [-0.2, -0.15) is 0 Å². The van der Waals surface area contributed by atoms with Crippen molar-refractivity contribution in [3.05, 3.63) is 47.8 Å². The summed E-state index contributed by atoms with van der Waals surface area (Å²) in [5.74, 6) is -1.23. The summed E-state index contributed by atoms with van der Waals surface area (Å²) in [6.07, 6.45) is 1.53. The maximum absolute atomic E-state index is 13.0. The van der Waals surface area contributed by atoms with Crippen LogP contribution in [0.4, 0.5) is 8.78 Å². The molecule has 0 atom stereocenters. The summed E-state index contributed by atoms with van der Waals surface area (Å²) in [5.41, 5.74) is 1.06. The number of hydrogen-bond donors (Lipinski definition) is 0. The second-order valence-corrected chi connectivity index (χ2v) is 3.40. The Morgan fingerprint density at radius 1 is 1.12 bits per heavy atom. The van der Waals surface area contributed by atoms with Crippen molar-refractivity contribution in [1.82, 2.24) is 9.97 Å². The first-order valence-corrected chi connectivity index (χ1v) is 5.07. The van der Waals surface area contributed by atoms with Gasteiger partial charge in [0.05, 0.1) is 11.6 Å². The van der Waals surface area contributed by atoms with E-state index >= 15 is 0 Å². The van der Waals surface area contributed by atoms with Gasteiger partial charge >= 0.3 is 0 Å². The molecule has 1 aromatic carbocycles. The molecular formula is C11H7ClF2N2. The molecule has 16 heavy (non-hydrogen) atoms. The molecule has 0 unspecified atom stereocenters. The van der Waals surface area contributed by atoms with Gasteiger partial charge in [-0.05, 0) is 24.3 Å². The molecule has 0 radical (unpaired) electrons. The summed E-state index contributed by atoms with van der Waals surface area (Å²) in [6.45, 7) is 0. The number of aromatic nitrogens is 2. The standard InChI is InChI=1S/C11H7ClF2N2/c12-6-8-3-4-15-11(16-8)7-1-2-9(13)10(14)5-7/h1-5H,6H2. The molecule has 0 N–H and O–H groups in total. The lowest BCUT2D eigenvalue weighted by Crippen LogP contribution is -1.94. The number of benzene rings is 1. The van der Waals surface area contributed by atoms with Crippen molar-refractivity contribution < 1.29 is 8.78 Å². The Hall–Kier alpha value is -1.55. The van der Waals surface area contributed by atoms with Crippen LogP contribution in [0.5, 0.6) is 0 Å². The van der Waals surface area contributed by atoms with E-state index in [0.29, 0.717) is 17.1 Å². The molecule has 1 aromatic heterocycles. The van der Waals surface area contributed by atoms with Crippen molar-refractivity contribution in [3.63, 3.8) is 0 Å². The maximum atomic E-state index is 13.0. The first-order valence-electron chi connectivity index (χ1n) is 4.54. The molecule has 0 spiro atoms. The van der Waals surface area contributed by atoms with Crippen molar-refractivity contribution in [2.75, 3.05) is 0 Å². The molecule has 82 valence electrons. The van der Waals surface area contributed by atoms with Crippen LogP contribution < -0.4 is 0 Å². The third-order valence-electron chi connectivity index (χ3n) is 2.03. The van der Waals surface area contributed by atoms with Crippen LogP contribution in [-0.4, -0.2) is 9.97 Å².